The third-order valence-corrected chi connectivity index (χ3v) is 1.70. The van der Waals surface area contributed by atoms with E-state index in [-0.39, 0.29) is 0 Å². The van der Waals surface area contributed by atoms with E-state index in [1.54, 1.807) is 0 Å². The fraction of sp³-hybridized carbons (Fsp3) is 1.00. The third kappa shape index (κ3) is 9.88. The molecule has 0 aromatic carbocycles. The molecule has 0 heterocycles. The van der Waals surface area contributed by atoms with Crippen molar-refractivity contribution in [1.29, 1.82) is 0 Å². The lowest BCUT2D eigenvalue weighted by Crippen LogP contribution is -2.12. The zero-order valence-electron chi connectivity index (χ0n) is 7.31. The van der Waals surface area contributed by atoms with Crippen LogP contribution in [0.25, 0.3) is 0 Å². The Morgan fingerprint density at radius 3 is 2.36 bits per heavy atom. The van der Waals surface area contributed by atoms with Crippen LogP contribution in [0.1, 0.15) is 45.4 Å². The average molecular weight is 161 g/mol. The lowest BCUT2D eigenvalue weighted by molar-refractivity contribution is -0.291. The van der Waals surface area contributed by atoms with E-state index in [0.717, 1.165) is 13.0 Å². The van der Waals surface area contributed by atoms with Gasteiger partial charge < -0.3 is 0 Å². The first-order valence-corrected chi connectivity index (χ1v) is 4.45. The highest BCUT2D eigenvalue weighted by atomic mass is 17.2. The van der Waals surface area contributed by atoms with E-state index in [4.69, 9.17) is 5.26 Å². The Hall–Kier alpha value is -0.120. The molecule has 11 heavy (non-hydrogen) atoms. The summed E-state index contributed by atoms with van der Waals surface area (Å²) in [5, 5.41) is 7.90. The number of hydroxylamine groups is 1. The number of hydrogen-bond acceptors (Lipinski definition) is 3. The van der Waals surface area contributed by atoms with Crippen molar-refractivity contribution in [3.63, 3.8) is 0 Å². The molecular weight excluding hydrogens is 142 g/mol. The van der Waals surface area contributed by atoms with Crippen molar-refractivity contribution in [2.45, 2.75) is 45.4 Å². The van der Waals surface area contributed by atoms with Crippen molar-refractivity contribution in [1.82, 2.24) is 5.48 Å². The van der Waals surface area contributed by atoms with Gasteiger partial charge in [0.25, 0.3) is 0 Å². The highest BCUT2D eigenvalue weighted by Crippen LogP contribution is 2.03. The van der Waals surface area contributed by atoms with Crippen LogP contribution in [0.4, 0.5) is 0 Å². The SMILES string of the molecule is CCCCCCCCNOO. The summed E-state index contributed by atoms with van der Waals surface area (Å²) in [7, 11) is 0. The number of nitrogens with one attached hydrogen (secondary N) is 1. The predicted octanol–water partition coefficient (Wildman–Crippen LogP) is 2.34. The summed E-state index contributed by atoms with van der Waals surface area (Å²) in [5.74, 6) is 0. The molecule has 2 N–H and O–H groups in total. The highest BCUT2D eigenvalue weighted by molar-refractivity contribution is 4.43. The molecule has 3 nitrogen and oxygen atoms in total. The smallest absolute Gasteiger partial charge is 0.0239 e. The molecular formula is C8H19NO2. The van der Waals surface area contributed by atoms with Gasteiger partial charge in [0.05, 0.1) is 0 Å². The zero-order chi connectivity index (χ0) is 8.36. The maximum absolute atomic E-state index is 7.90. The molecule has 0 aromatic rings. The van der Waals surface area contributed by atoms with Crippen LogP contribution in [0.3, 0.4) is 0 Å². The molecule has 0 aliphatic heterocycles. The van der Waals surface area contributed by atoms with Crippen LogP contribution in [-0.2, 0) is 4.99 Å². The number of hydrogen-bond donors (Lipinski definition) is 2. The summed E-state index contributed by atoms with van der Waals surface area (Å²) in [6.45, 7) is 2.95. The van der Waals surface area contributed by atoms with Crippen LogP contribution >= 0.6 is 0 Å². The standard InChI is InChI=1S/C8H19NO2/c1-2-3-4-5-6-7-8-9-11-10/h9-10H,2-8H2,1H3. The summed E-state index contributed by atoms with van der Waals surface area (Å²) in [4.78, 5) is 3.72. The van der Waals surface area contributed by atoms with Gasteiger partial charge >= 0.3 is 0 Å². The Labute approximate surface area is 68.6 Å². The topological polar surface area (TPSA) is 41.5 Å². The molecule has 0 aliphatic rings. The summed E-state index contributed by atoms with van der Waals surface area (Å²) in [6, 6.07) is 0. The van der Waals surface area contributed by atoms with Crippen molar-refractivity contribution in [2.24, 2.45) is 0 Å². The molecule has 0 atom stereocenters. The van der Waals surface area contributed by atoms with Gasteiger partial charge in [-0.1, -0.05) is 39.0 Å². The first kappa shape index (κ1) is 10.9. The highest BCUT2D eigenvalue weighted by Gasteiger charge is 1.88. The van der Waals surface area contributed by atoms with Gasteiger partial charge in [0.2, 0.25) is 0 Å². The molecule has 0 aliphatic carbocycles. The molecule has 0 aromatic heterocycles. The summed E-state index contributed by atoms with van der Waals surface area (Å²) < 4.78 is 0. The summed E-state index contributed by atoms with van der Waals surface area (Å²) in [5.41, 5.74) is 2.39. The van der Waals surface area contributed by atoms with Crippen molar-refractivity contribution in [2.75, 3.05) is 6.54 Å². The van der Waals surface area contributed by atoms with Crippen LogP contribution < -0.4 is 5.48 Å². The van der Waals surface area contributed by atoms with Gasteiger partial charge in [0, 0.05) is 6.54 Å². The third-order valence-electron chi connectivity index (χ3n) is 1.70. The van der Waals surface area contributed by atoms with E-state index in [2.05, 4.69) is 17.4 Å². The van der Waals surface area contributed by atoms with E-state index in [1.165, 1.54) is 32.1 Å². The van der Waals surface area contributed by atoms with Gasteiger partial charge in [-0.15, -0.1) is 4.99 Å². The molecule has 0 rings (SSSR count). The van der Waals surface area contributed by atoms with Crippen molar-refractivity contribution < 1.29 is 10.2 Å². The van der Waals surface area contributed by atoms with E-state index < -0.39 is 0 Å². The molecule has 0 spiro atoms. The molecule has 0 unspecified atom stereocenters. The van der Waals surface area contributed by atoms with E-state index in [1.807, 2.05) is 0 Å². The normalized spacial score (nSPS) is 10.4. The molecule has 0 bridgehead atoms. The largest absolute Gasteiger partial charge is 0.233 e. The average Bonchev–Trinajstić information content (AvgIpc) is 2.03. The molecule has 3 heteroatoms. The van der Waals surface area contributed by atoms with E-state index in [0.29, 0.717) is 0 Å². The lowest BCUT2D eigenvalue weighted by Gasteiger charge is -1.99. The molecule has 0 saturated carbocycles. The molecule has 68 valence electrons. The van der Waals surface area contributed by atoms with Gasteiger partial charge in [-0.25, -0.2) is 5.26 Å². The minimum Gasteiger partial charge on any atom is -0.233 e. The Morgan fingerprint density at radius 2 is 1.73 bits per heavy atom. The molecule has 0 saturated heterocycles. The Bertz CT molecular complexity index is 61.1. The van der Waals surface area contributed by atoms with Crippen LogP contribution in [0.15, 0.2) is 0 Å². The Balaban J connectivity index is 2.69. The Kier molecular flexibility index (Phi) is 9.77. The fourth-order valence-electron chi connectivity index (χ4n) is 1.02. The van der Waals surface area contributed by atoms with Crippen LogP contribution in [0.2, 0.25) is 0 Å². The monoisotopic (exact) mass is 161 g/mol. The second-order valence-corrected chi connectivity index (χ2v) is 2.75. The van der Waals surface area contributed by atoms with Crippen molar-refractivity contribution in [3.8, 4) is 0 Å². The molecule has 0 radical (unpaired) electrons. The van der Waals surface area contributed by atoms with Gasteiger partial charge in [-0.2, -0.15) is 5.48 Å². The molecule has 0 fully saturated rings. The van der Waals surface area contributed by atoms with Gasteiger partial charge in [-0.05, 0) is 6.42 Å². The first-order valence-electron chi connectivity index (χ1n) is 4.45. The maximum Gasteiger partial charge on any atom is 0.0239 e. The summed E-state index contributed by atoms with van der Waals surface area (Å²) in [6.07, 6.45) is 7.54. The van der Waals surface area contributed by atoms with Crippen LogP contribution in [-0.4, -0.2) is 11.8 Å². The first-order chi connectivity index (χ1) is 5.41. The zero-order valence-corrected chi connectivity index (χ0v) is 7.31. The van der Waals surface area contributed by atoms with Gasteiger partial charge in [0.15, 0.2) is 0 Å². The fourth-order valence-corrected chi connectivity index (χ4v) is 1.02. The van der Waals surface area contributed by atoms with Crippen molar-refractivity contribution >= 4 is 0 Å². The number of rotatable bonds is 8. The quantitative estimate of drug-likeness (QED) is 0.326. The lowest BCUT2D eigenvalue weighted by atomic mass is 10.1. The molecule has 0 amide bonds. The van der Waals surface area contributed by atoms with Crippen molar-refractivity contribution in [3.05, 3.63) is 0 Å². The second-order valence-electron chi connectivity index (χ2n) is 2.75. The minimum absolute atomic E-state index is 0.739. The van der Waals surface area contributed by atoms with Crippen LogP contribution in [0, 0.1) is 0 Å². The maximum atomic E-state index is 7.90. The number of unbranched alkanes of at least 4 members (excludes halogenated alkanes) is 5. The van der Waals surface area contributed by atoms with Gasteiger partial charge in [0.1, 0.15) is 0 Å². The van der Waals surface area contributed by atoms with Crippen LogP contribution in [0.5, 0.6) is 0 Å². The minimum atomic E-state index is 0.739. The van der Waals surface area contributed by atoms with Gasteiger partial charge in [-0.3, -0.25) is 0 Å². The Morgan fingerprint density at radius 1 is 1.09 bits per heavy atom. The van der Waals surface area contributed by atoms with E-state index in [9.17, 15) is 0 Å². The second kappa shape index (κ2) is 9.88. The van der Waals surface area contributed by atoms with E-state index >= 15 is 0 Å². The predicted molar refractivity (Wildman–Crippen MR) is 45.1 cm³/mol. The summed E-state index contributed by atoms with van der Waals surface area (Å²) >= 11 is 0.